The number of guanidine groups is 1. The smallest absolute Gasteiger partial charge is 0.422 e. The molecule has 0 aliphatic carbocycles. The number of nitrogens with zero attached hydrogens (tertiary/aromatic N) is 1. The van der Waals surface area contributed by atoms with Gasteiger partial charge in [0.1, 0.15) is 0 Å². The molecule has 0 amide bonds. The van der Waals surface area contributed by atoms with E-state index in [0.717, 1.165) is 17.7 Å². The van der Waals surface area contributed by atoms with Crippen LogP contribution in [0.1, 0.15) is 18.1 Å². The Morgan fingerprint density at radius 3 is 2.33 bits per heavy atom. The van der Waals surface area contributed by atoms with Gasteiger partial charge in [-0.15, -0.1) is 0 Å². The average molecular weight is 381 g/mol. The summed E-state index contributed by atoms with van der Waals surface area (Å²) in [5.74, 6) is 0.453. The van der Waals surface area contributed by atoms with Crippen molar-refractivity contribution in [3.05, 3.63) is 53.6 Å². The summed E-state index contributed by atoms with van der Waals surface area (Å²) in [6.07, 6.45) is -3.46. The van der Waals surface area contributed by atoms with Crippen LogP contribution in [-0.2, 0) is 13.0 Å². The minimum absolute atomic E-state index is 0.0182. The summed E-state index contributed by atoms with van der Waals surface area (Å²) in [5, 5.41) is 2.99. The summed E-state index contributed by atoms with van der Waals surface area (Å²) in [4.78, 5) is 4.23. The molecule has 0 aliphatic heterocycles. The molecule has 0 aromatic heterocycles. The molecule has 0 spiro atoms. The number of benzene rings is 2. The molecule has 0 saturated carbocycles. The van der Waals surface area contributed by atoms with Crippen LogP contribution in [0, 0.1) is 0 Å². The van der Waals surface area contributed by atoms with E-state index >= 15 is 0 Å². The molecule has 2 aromatic rings. The van der Waals surface area contributed by atoms with Crippen LogP contribution in [0.5, 0.6) is 11.5 Å². The van der Waals surface area contributed by atoms with Crippen molar-refractivity contribution in [1.82, 2.24) is 0 Å². The first-order valence-electron chi connectivity index (χ1n) is 8.33. The maximum atomic E-state index is 12.3. The van der Waals surface area contributed by atoms with Gasteiger partial charge in [-0.05, 0) is 41.8 Å². The Balaban J connectivity index is 1.99. The molecule has 5 nitrogen and oxygen atoms in total. The third-order valence-electron chi connectivity index (χ3n) is 3.69. The van der Waals surface area contributed by atoms with E-state index in [4.69, 9.17) is 15.2 Å². The van der Waals surface area contributed by atoms with Crippen LogP contribution in [0.3, 0.4) is 0 Å². The van der Waals surface area contributed by atoms with E-state index in [0.29, 0.717) is 0 Å². The zero-order valence-electron chi connectivity index (χ0n) is 15.1. The maximum absolute atomic E-state index is 12.3. The predicted octanol–water partition coefficient (Wildman–Crippen LogP) is 4.13. The molecule has 0 fully saturated rings. The molecule has 8 heteroatoms. The fraction of sp³-hybridized carbons (Fsp3) is 0.316. The highest BCUT2D eigenvalue weighted by Gasteiger charge is 2.29. The van der Waals surface area contributed by atoms with E-state index in [1.165, 1.54) is 18.7 Å². The normalized spacial score (nSPS) is 12.0. The van der Waals surface area contributed by atoms with Gasteiger partial charge in [0, 0.05) is 5.69 Å². The van der Waals surface area contributed by atoms with Gasteiger partial charge in [-0.2, -0.15) is 13.2 Å². The van der Waals surface area contributed by atoms with E-state index in [9.17, 15) is 13.2 Å². The maximum Gasteiger partial charge on any atom is 0.422 e. The number of aryl methyl sites for hydroxylation is 1. The van der Waals surface area contributed by atoms with Gasteiger partial charge >= 0.3 is 6.18 Å². The predicted molar refractivity (Wildman–Crippen MR) is 99.3 cm³/mol. The molecule has 0 heterocycles. The molecule has 0 radical (unpaired) electrons. The average Bonchev–Trinajstić information content (AvgIpc) is 2.65. The number of methoxy groups -OCH3 is 1. The van der Waals surface area contributed by atoms with Crippen molar-refractivity contribution in [2.75, 3.05) is 19.0 Å². The van der Waals surface area contributed by atoms with Gasteiger partial charge in [0.05, 0.1) is 13.7 Å². The molecular formula is C19H22F3N3O2. The summed E-state index contributed by atoms with van der Waals surface area (Å²) in [5.41, 5.74) is 8.64. The highest BCUT2D eigenvalue weighted by molar-refractivity contribution is 5.92. The standard InChI is InChI=1S/C19H22F3N3O2/c1-3-13-4-7-15(8-5-13)25-18(23)24-11-14-6-9-16(17(10-14)26-2)27-12-19(20,21)22/h4-10H,3,11-12H2,1-2H3,(H3,23,24,25). The molecule has 0 bridgehead atoms. The molecule has 27 heavy (non-hydrogen) atoms. The van der Waals surface area contributed by atoms with Crippen LogP contribution in [-0.4, -0.2) is 25.9 Å². The van der Waals surface area contributed by atoms with Crippen LogP contribution in [0.2, 0.25) is 0 Å². The quantitative estimate of drug-likeness (QED) is 0.559. The zero-order chi connectivity index (χ0) is 19.9. The highest BCUT2D eigenvalue weighted by Crippen LogP contribution is 2.30. The van der Waals surface area contributed by atoms with Gasteiger partial charge in [0.25, 0.3) is 0 Å². The molecule has 0 unspecified atom stereocenters. The third-order valence-corrected chi connectivity index (χ3v) is 3.69. The van der Waals surface area contributed by atoms with Crippen molar-refractivity contribution in [3.8, 4) is 11.5 Å². The first kappa shape index (κ1) is 20.4. The largest absolute Gasteiger partial charge is 0.493 e. The lowest BCUT2D eigenvalue weighted by atomic mass is 10.1. The number of aliphatic imine (C=N–C) groups is 1. The first-order chi connectivity index (χ1) is 12.8. The Bertz CT molecular complexity index is 775. The van der Waals surface area contributed by atoms with Crippen molar-refractivity contribution in [1.29, 1.82) is 0 Å². The fourth-order valence-corrected chi connectivity index (χ4v) is 2.28. The van der Waals surface area contributed by atoms with Crippen molar-refractivity contribution in [3.63, 3.8) is 0 Å². The lowest BCUT2D eigenvalue weighted by Gasteiger charge is -2.13. The summed E-state index contributed by atoms with van der Waals surface area (Å²) in [6, 6.07) is 12.4. The van der Waals surface area contributed by atoms with Gasteiger partial charge in [-0.1, -0.05) is 25.1 Å². The Kier molecular flexibility index (Phi) is 6.92. The number of anilines is 1. The van der Waals surface area contributed by atoms with Crippen molar-refractivity contribution in [2.24, 2.45) is 10.7 Å². The molecule has 146 valence electrons. The first-order valence-corrected chi connectivity index (χ1v) is 8.33. The highest BCUT2D eigenvalue weighted by atomic mass is 19.4. The van der Waals surface area contributed by atoms with E-state index in [2.05, 4.69) is 17.2 Å². The van der Waals surface area contributed by atoms with Crippen molar-refractivity contribution in [2.45, 2.75) is 26.1 Å². The van der Waals surface area contributed by atoms with Crippen LogP contribution in [0.25, 0.3) is 0 Å². The number of nitrogens with two attached hydrogens (primary N) is 1. The Morgan fingerprint density at radius 1 is 1.07 bits per heavy atom. The Hall–Kier alpha value is -2.90. The molecule has 0 aliphatic rings. The second kappa shape index (κ2) is 9.16. The van der Waals surface area contributed by atoms with Crippen LogP contribution < -0.4 is 20.5 Å². The Labute approximate surface area is 156 Å². The number of nitrogens with one attached hydrogen (secondary N) is 1. The molecule has 3 N–H and O–H groups in total. The molecule has 2 aromatic carbocycles. The summed E-state index contributed by atoms with van der Waals surface area (Å²) in [7, 11) is 1.36. The minimum Gasteiger partial charge on any atom is -0.493 e. The third kappa shape index (κ3) is 6.73. The van der Waals surface area contributed by atoms with Crippen molar-refractivity contribution >= 4 is 11.6 Å². The van der Waals surface area contributed by atoms with E-state index < -0.39 is 12.8 Å². The number of rotatable bonds is 7. The van der Waals surface area contributed by atoms with Gasteiger partial charge < -0.3 is 20.5 Å². The van der Waals surface area contributed by atoms with Gasteiger partial charge in [0.15, 0.2) is 24.1 Å². The van der Waals surface area contributed by atoms with E-state index in [1.54, 1.807) is 12.1 Å². The summed E-state index contributed by atoms with van der Waals surface area (Å²) < 4.78 is 46.7. The SMILES string of the molecule is CCc1ccc(NC(N)=NCc2ccc(OCC(F)(F)F)c(OC)c2)cc1. The lowest BCUT2D eigenvalue weighted by molar-refractivity contribution is -0.153. The van der Waals surface area contributed by atoms with Gasteiger partial charge in [0.2, 0.25) is 0 Å². The number of alkyl halides is 3. The second-order valence-corrected chi connectivity index (χ2v) is 5.77. The molecule has 2 rings (SSSR count). The topological polar surface area (TPSA) is 68.9 Å². The number of ether oxygens (including phenoxy) is 2. The molecular weight excluding hydrogens is 359 g/mol. The van der Waals surface area contributed by atoms with Gasteiger partial charge in [-0.3, -0.25) is 0 Å². The Morgan fingerprint density at radius 2 is 1.74 bits per heavy atom. The monoisotopic (exact) mass is 381 g/mol. The van der Waals surface area contributed by atoms with Crippen LogP contribution >= 0.6 is 0 Å². The molecule has 0 atom stereocenters. The van der Waals surface area contributed by atoms with E-state index in [1.807, 2.05) is 24.3 Å². The van der Waals surface area contributed by atoms with E-state index in [-0.39, 0.29) is 24.0 Å². The fourth-order valence-electron chi connectivity index (χ4n) is 2.28. The molecule has 0 saturated heterocycles. The second-order valence-electron chi connectivity index (χ2n) is 5.77. The minimum atomic E-state index is -4.41. The lowest BCUT2D eigenvalue weighted by Crippen LogP contribution is -2.22. The van der Waals surface area contributed by atoms with Crippen LogP contribution in [0.4, 0.5) is 18.9 Å². The van der Waals surface area contributed by atoms with Crippen molar-refractivity contribution < 1.29 is 22.6 Å². The summed E-state index contributed by atoms with van der Waals surface area (Å²) >= 11 is 0. The summed E-state index contributed by atoms with van der Waals surface area (Å²) in [6.45, 7) is 0.933. The number of hydrogen-bond acceptors (Lipinski definition) is 3. The number of hydrogen-bond donors (Lipinski definition) is 2. The number of halogens is 3. The zero-order valence-corrected chi connectivity index (χ0v) is 15.1. The van der Waals surface area contributed by atoms with Gasteiger partial charge in [-0.25, -0.2) is 4.99 Å². The van der Waals surface area contributed by atoms with Crippen LogP contribution in [0.15, 0.2) is 47.5 Å².